The van der Waals surface area contributed by atoms with E-state index < -0.39 is 34.6 Å². The van der Waals surface area contributed by atoms with Crippen LogP contribution in [0.15, 0.2) is 41.5 Å². The molecule has 8 nitrogen and oxygen atoms in total. The zero-order valence-electron chi connectivity index (χ0n) is 23.5. The van der Waals surface area contributed by atoms with E-state index in [-0.39, 0.29) is 22.5 Å². The van der Waals surface area contributed by atoms with Crippen LogP contribution in [0.2, 0.25) is 0 Å². The Morgan fingerprint density at radius 2 is 1.66 bits per heavy atom. The highest BCUT2D eigenvalue weighted by molar-refractivity contribution is 6.03. The normalized spacial score (nSPS) is 12.6. The second-order valence-electron chi connectivity index (χ2n) is 11.1. The highest BCUT2D eigenvalue weighted by atomic mass is 19.4. The van der Waals surface area contributed by atoms with Gasteiger partial charge < -0.3 is 24.7 Å². The van der Waals surface area contributed by atoms with Crippen molar-refractivity contribution in [2.24, 2.45) is 7.05 Å². The first kappa shape index (κ1) is 29.8. The van der Waals surface area contributed by atoms with Crippen LogP contribution in [0.4, 0.5) is 17.6 Å². The number of H-pyrrole nitrogens is 1. The van der Waals surface area contributed by atoms with Crippen molar-refractivity contribution >= 4 is 16.8 Å². The monoisotopic (exact) mass is 574 g/mol. The number of benzene rings is 1. The van der Waals surface area contributed by atoms with Crippen LogP contribution in [0.25, 0.3) is 22.0 Å². The molecule has 0 bridgehead atoms. The van der Waals surface area contributed by atoms with Crippen molar-refractivity contribution in [2.75, 3.05) is 0 Å². The van der Waals surface area contributed by atoms with Gasteiger partial charge in [0.25, 0.3) is 11.5 Å². The molecule has 0 aliphatic carbocycles. The van der Waals surface area contributed by atoms with Gasteiger partial charge in [-0.05, 0) is 76.9 Å². The molecular weight excluding hydrogens is 544 g/mol. The predicted molar refractivity (Wildman–Crippen MR) is 146 cm³/mol. The van der Waals surface area contributed by atoms with E-state index in [9.17, 15) is 32.3 Å². The second kappa shape index (κ2) is 10.0. The molecule has 41 heavy (non-hydrogen) atoms. The van der Waals surface area contributed by atoms with Gasteiger partial charge >= 0.3 is 6.18 Å². The Bertz CT molecular complexity index is 1710. The molecule has 0 fully saturated rings. The Labute approximate surface area is 233 Å². The van der Waals surface area contributed by atoms with Crippen LogP contribution >= 0.6 is 0 Å². The minimum Gasteiger partial charge on any atom is -0.438 e. The maximum atomic E-state index is 13.9. The molecule has 0 aliphatic rings. The van der Waals surface area contributed by atoms with E-state index in [1.54, 1.807) is 33.8 Å². The van der Waals surface area contributed by atoms with Crippen molar-refractivity contribution in [1.82, 2.24) is 19.9 Å². The van der Waals surface area contributed by atoms with Gasteiger partial charge in [-0.25, -0.2) is 9.37 Å². The van der Waals surface area contributed by atoms with Gasteiger partial charge in [-0.1, -0.05) is 0 Å². The maximum absolute atomic E-state index is 13.9. The number of pyridine rings is 2. The first-order valence-electron chi connectivity index (χ1n) is 12.6. The molecule has 0 radical (unpaired) electrons. The van der Waals surface area contributed by atoms with Crippen LogP contribution in [0.1, 0.15) is 54.9 Å². The lowest BCUT2D eigenvalue weighted by molar-refractivity contribution is -0.182. The standard InChI is InChI=1S/C29H30F4N4O4/c1-14-8-17(30)9-15(2)23(14)41-25-19(10-16(12-34-25)27(3,4)40)20-13-37(7)26(39)22-18(20)11-21(35-22)24(38)36-28(5,6)29(31,32)33/h8-13,35,40H,1-7H3,(H,36,38). The Morgan fingerprint density at radius 3 is 2.22 bits per heavy atom. The molecular formula is C29H30F4N4O4. The Morgan fingerprint density at radius 1 is 1.05 bits per heavy atom. The van der Waals surface area contributed by atoms with E-state index in [0.717, 1.165) is 13.8 Å². The largest absolute Gasteiger partial charge is 0.438 e. The lowest BCUT2D eigenvalue weighted by atomic mass is 9.96. The number of hydrogen-bond donors (Lipinski definition) is 3. The summed E-state index contributed by atoms with van der Waals surface area (Å²) in [7, 11) is 1.47. The molecule has 0 spiro atoms. The zero-order chi connectivity index (χ0) is 30.7. The fraction of sp³-hybridized carbons (Fsp3) is 0.345. The second-order valence-corrected chi connectivity index (χ2v) is 11.1. The van der Waals surface area contributed by atoms with Crippen molar-refractivity contribution in [3.63, 3.8) is 0 Å². The Hall–Kier alpha value is -4.19. The molecule has 12 heteroatoms. The van der Waals surface area contributed by atoms with Gasteiger partial charge in [-0.15, -0.1) is 0 Å². The summed E-state index contributed by atoms with van der Waals surface area (Å²) in [6.07, 6.45) is -1.83. The summed E-state index contributed by atoms with van der Waals surface area (Å²) < 4.78 is 61.6. The number of halogens is 4. The van der Waals surface area contributed by atoms with Gasteiger partial charge in [-0.2, -0.15) is 13.2 Å². The highest BCUT2D eigenvalue weighted by Crippen LogP contribution is 2.39. The number of ether oxygens (including phenoxy) is 1. The van der Waals surface area contributed by atoms with Gasteiger partial charge in [0.2, 0.25) is 5.88 Å². The lowest BCUT2D eigenvalue weighted by Gasteiger charge is -2.28. The molecule has 4 rings (SSSR count). The fourth-order valence-electron chi connectivity index (χ4n) is 4.31. The molecule has 0 saturated carbocycles. The number of aromatic nitrogens is 3. The number of aliphatic hydroxyl groups is 1. The molecule has 4 aromatic rings. The molecule has 3 aromatic heterocycles. The third-order valence-electron chi connectivity index (χ3n) is 6.82. The molecule has 0 aliphatic heterocycles. The van der Waals surface area contributed by atoms with E-state index in [4.69, 9.17) is 4.74 Å². The van der Waals surface area contributed by atoms with Gasteiger partial charge in [0.1, 0.15) is 28.3 Å². The van der Waals surface area contributed by atoms with Crippen molar-refractivity contribution in [3.05, 3.63) is 75.2 Å². The summed E-state index contributed by atoms with van der Waals surface area (Å²) in [5, 5.41) is 12.9. The van der Waals surface area contributed by atoms with Crippen LogP contribution in [0.3, 0.4) is 0 Å². The van der Waals surface area contributed by atoms with Crippen molar-refractivity contribution < 1.29 is 32.2 Å². The first-order valence-corrected chi connectivity index (χ1v) is 12.6. The molecule has 0 atom stereocenters. The summed E-state index contributed by atoms with van der Waals surface area (Å²) in [4.78, 5) is 33.0. The average Bonchev–Trinajstić information content (AvgIpc) is 3.28. The highest BCUT2D eigenvalue weighted by Gasteiger charge is 2.48. The summed E-state index contributed by atoms with van der Waals surface area (Å²) in [6, 6.07) is 5.49. The summed E-state index contributed by atoms with van der Waals surface area (Å²) in [5.74, 6) is -1.10. The molecule has 1 aromatic carbocycles. The Balaban J connectivity index is 1.94. The molecule has 3 N–H and O–H groups in total. The number of fused-ring (bicyclic) bond motifs is 1. The third-order valence-corrected chi connectivity index (χ3v) is 6.82. The maximum Gasteiger partial charge on any atom is 0.410 e. The smallest absolute Gasteiger partial charge is 0.410 e. The summed E-state index contributed by atoms with van der Waals surface area (Å²) in [5.41, 5.74) is -2.63. The number of amides is 1. The average molecular weight is 575 g/mol. The Kier molecular flexibility index (Phi) is 7.28. The molecule has 0 saturated heterocycles. The minimum atomic E-state index is -4.72. The number of nitrogens with one attached hydrogen (secondary N) is 2. The number of nitrogens with zero attached hydrogens (tertiary/aromatic N) is 2. The SMILES string of the molecule is Cc1cc(F)cc(C)c1Oc1ncc(C(C)(C)O)cc1-c1cn(C)c(=O)c2[nH]c(C(=O)NC(C)(C)C(F)(F)F)cc12. The van der Waals surface area contributed by atoms with Gasteiger partial charge in [-0.3, -0.25) is 9.59 Å². The van der Waals surface area contributed by atoms with E-state index in [0.29, 0.717) is 33.6 Å². The minimum absolute atomic E-state index is 0.0336. The molecule has 1 amide bonds. The van der Waals surface area contributed by atoms with E-state index in [2.05, 4.69) is 9.97 Å². The molecule has 3 heterocycles. The first-order chi connectivity index (χ1) is 18.8. The number of aromatic amines is 1. The number of alkyl halides is 3. The number of rotatable bonds is 6. The van der Waals surface area contributed by atoms with Crippen LogP contribution in [-0.4, -0.2) is 37.3 Å². The molecule has 0 unspecified atom stereocenters. The topological polar surface area (TPSA) is 109 Å². The van der Waals surface area contributed by atoms with Gasteiger partial charge in [0.05, 0.1) is 5.60 Å². The number of hydrogen-bond acceptors (Lipinski definition) is 5. The van der Waals surface area contributed by atoms with Crippen molar-refractivity contribution in [3.8, 4) is 22.8 Å². The van der Waals surface area contributed by atoms with Crippen LogP contribution in [-0.2, 0) is 12.6 Å². The fourth-order valence-corrected chi connectivity index (χ4v) is 4.31. The van der Waals surface area contributed by atoms with Crippen molar-refractivity contribution in [1.29, 1.82) is 0 Å². The number of aryl methyl sites for hydroxylation is 3. The van der Waals surface area contributed by atoms with Gasteiger partial charge in [0.15, 0.2) is 0 Å². The zero-order valence-corrected chi connectivity index (χ0v) is 23.5. The van der Waals surface area contributed by atoms with Crippen LogP contribution in [0, 0.1) is 19.7 Å². The van der Waals surface area contributed by atoms with E-state index >= 15 is 0 Å². The van der Waals surface area contributed by atoms with Crippen LogP contribution in [0.5, 0.6) is 11.6 Å². The molecule has 218 valence electrons. The number of carbonyl (C=O) groups is 1. The third kappa shape index (κ3) is 5.69. The van der Waals surface area contributed by atoms with Crippen LogP contribution < -0.4 is 15.6 Å². The quantitative estimate of drug-likeness (QED) is 0.253. The summed E-state index contributed by atoms with van der Waals surface area (Å²) >= 11 is 0. The predicted octanol–water partition coefficient (Wildman–Crippen LogP) is 5.77. The van der Waals surface area contributed by atoms with E-state index in [1.165, 1.54) is 42.2 Å². The summed E-state index contributed by atoms with van der Waals surface area (Å²) in [6.45, 7) is 8.10. The van der Waals surface area contributed by atoms with Crippen molar-refractivity contribution in [2.45, 2.75) is 58.9 Å². The van der Waals surface area contributed by atoms with E-state index in [1.807, 2.05) is 5.32 Å². The van der Waals surface area contributed by atoms with Gasteiger partial charge in [0, 0.05) is 41.5 Å². The number of carbonyl (C=O) groups excluding carboxylic acids is 1. The lowest BCUT2D eigenvalue weighted by Crippen LogP contribution is -2.54.